The zero-order chi connectivity index (χ0) is 23.8. The second kappa shape index (κ2) is 11.5. The van der Waals surface area contributed by atoms with E-state index < -0.39 is 41.8 Å². The molecule has 14 heteroatoms. The molecule has 2 rings (SSSR count). The van der Waals surface area contributed by atoms with Crippen LogP contribution in [-0.2, 0) is 11.4 Å². The van der Waals surface area contributed by atoms with Crippen molar-refractivity contribution < 1.29 is 33.0 Å². The van der Waals surface area contributed by atoms with Crippen LogP contribution in [0.1, 0.15) is 29.3 Å². The SMILES string of the molecule is CCNC(=O)CC(O)CNC(=O)Nc1snc(OCc2c(F)cc(Cl)cc2F)c1C(N)=O. The number of benzene rings is 1. The van der Waals surface area contributed by atoms with Gasteiger partial charge in [-0.2, -0.15) is 4.37 Å². The summed E-state index contributed by atoms with van der Waals surface area (Å²) in [5.41, 5.74) is 4.57. The van der Waals surface area contributed by atoms with E-state index in [-0.39, 0.29) is 40.3 Å². The lowest BCUT2D eigenvalue weighted by Crippen LogP contribution is -2.38. The second-order valence-corrected chi connectivity index (χ2v) is 7.55. The summed E-state index contributed by atoms with van der Waals surface area (Å²) in [4.78, 5) is 35.3. The Balaban J connectivity index is 2.01. The zero-order valence-corrected chi connectivity index (χ0v) is 18.3. The summed E-state index contributed by atoms with van der Waals surface area (Å²) in [5.74, 6) is -3.61. The van der Waals surface area contributed by atoms with Crippen molar-refractivity contribution in [2.45, 2.75) is 26.1 Å². The summed E-state index contributed by atoms with van der Waals surface area (Å²) in [5, 5.41) is 16.7. The van der Waals surface area contributed by atoms with E-state index in [1.165, 1.54) is 0 Å². The molecular formula is C18H20ClF2N5O5S. The molecule has 2 aromatic rings. The highest BCUT2D eigenvalue weighted by Gasteiger charge is 2.23. The van der Waals surface area contributed by atoms with Gasteiger partial charge in [0.05, 0.1) is 18.1 Å². The summed E-state index contributed by atoms with van der Waals surface area (Å²) in [6.45, 7) is 1.27. The summed E-state index contributed by atoms with van der Waals surface area (Å²) in [6, 6.07) is 0.987. The van der Waals surface area contributed by atoms with Crippen molar-refractivity contribution in [3.63, 3.8) is 0 Å². The number of ether oxygens (including phenoxy) is 1. The lowest BCUT2D eigenvalue weighted by Gasteiger charge is -2.12. The van der Waals surface area contributed by atoms with Gasteiger partial charge in [0.15, 0.2) is 0 Å². The molecule has 0 aliphatic rings. The van der Waals surface area contributed by atoms with E-state index in [4.69, 9.17) is 22.1 Å². The molecule has 0 saturated carbocycles. The highest BCUT2D eigenvalue weighted by atomic mass is 35.5. The number of urea groups is 1. The van der Waals surface area contributed by atoms with E-state index in [2.05, 4.69) is 20.3 Å². The largest absolute Gasteiger partial charge is 0.471 e. The molecule has 1 aromatic heterocycles. The van der Waals surface area contributed by atoms with Gasteiger partial charge in [-0.3, -0.25) is 14.9 Å². The molecule has 0 aliphatic heterocycles. The predicted octanol–water partition coefficient (Wildman–Crippen LogP) is 1.76. The quantitative estimate of drug-likeness (QED) is 0.341. The third kappa shape index (κ3) is 7.00. The summed E-state index contributed by atoms with van der Waals surface area (Å²) in [6.07, 6.45) is -1.34. The number of aliphatic hydroxyl groups is 1. The molecule has 0 radical (unpaired) electrons. The van der Waals surface area contributed by atoms with E-state index in [1.54, 1.807) is 6.92 Å². The van der Waals surface area contributed by atoms with Crippen molar-refractivity contribution in [1.82, 2.24) is 15.0 Å². The number of nitrogens with one attached hydrogen (secondary N) is 3. The van der Waals surface area contributed by atoms with Crippen LogP contribution < -0.4 is 26.4 Å². The van der Waals surface area contributed by atoms with Crippen molar-refractivity contribution >= 4 is 46.0 Å². The van der Waals surface area contributed by atoms with Crippen LogP contribution in [0.25, 0.3) is 0 Å². The second-order valence-electron chi connectivity index (χ2n) is 6.34. The van der Waals surface area contributed by atoms with Crippen LogP contribution in [0.3, 0.4) is 0 Å². The van der Waals surface area contributed by atoms with Crippen molar-refractivity contribution in [3.05, 3.63) is 39.9 Å². The molecule has 1 atom stereocenters. The molecule has 174 valence electrons. The summed E-state index contributed by atoms with van der Waals surface area (Å²) in [7, 11) is 0. The minimum Gasteiger partial charge on any atom is -0.471 e. The number of nitrogens with two attached hydrogens (primary N) is 1. The van der Waals surface area contributed by atoms with E-state index in [0.29, 0.717) is 18.1 Å². The van der Waals surface area contributed by atoms with Gasteiger partial charge in [0.1, 0.15) is 28.8 Å². The normalized spacial score (nSPS) is 11.5. The molecule has 1 aromatic carbocycles. The number of aromatic nitrogens is 1. The number of carbonyl (C=O) groups is 3. The van der Waals surface area contributed by atoms with Crippen LogP contribution in [0, 0.1) is 11.6 Å². The van der Waals surface area contributed by atoms with Crippen LogP contribution >= 0.6 is 23.1 Å². The van der Waals surface area contributed by atoms with Crippen LogP contribution in [0.15, 0.2) is 12.1 Å². The van der Waals surface area contributed by atoms with E-state index in [0.717, 1.165) is 12.1 Å². The molecule has 32 heavy (non-hydrogen) atoms. The molecular weight excluding hydrogens is 472 g/mol. The van der Waals surface area contributed by atoms with Gasteiger partial charge in [0.25, 0.3) is 5.91 Å². The number of rotatable bonds is 10. The van der Waals surface area contributed by atoms with Gasteiger partial charge < -0.3 is 26.2 Å². The molecule has 0 aliphatic carbocycles. The van der Waals surface area contributed by atoms with E-state index in [9.17, 15) is 28.3 Å². The lowest BCUT2D eigenvalue weighted by molar-refractivity contribution is -0.122. The zero-order valence-electron chi connectivity index (χ0n) is 16.7. The maximum atomic E-state index is 13.9. The molecule has 6 N–H and O–H groups in total. The monoisotopic (exact) mass is 491 g/mol. The van der Waals surface area contributed by atoms with Crippen molar-refractivity contribution in [1.29, 1.82) is 0 Å². The minimum absolute atomic E-state index is 0.0831. The Kier molecular flexibility index (Phi) is 9.11. The number of hydrogen-bond donors (Lipinski definition) is 5. The standard InChI is InChI=1S/C18H20ClF2N5O5S/c1-2-23-13(28)5-9(27)6-24-18(30)25-17-14(15(22)29)16(26-32-17)31-7-10-11(20)3-8(19)4-12(10)21/h3-4,9,27H,2,5-7H2,1H3,(H2,22,29)(H,23,28)(H2,24,25,30). The van der Waals surface area contributed by atoms with Crippen LogP contribution in [0.4, 0.5) is 18.6 Å². The summed E-state index contributed by atoms with van der Waals surface area (Å²) >= 11 is 6.21. The van der Waals surface area contributed by atoms with Crippen LogP contribution in [0.2, 0.25) is 5.02 Å². The Morgan fingerprint density at radius 1 is 1.28 bits per heavy atom. The first kappa shape index (κ1) is 25.2. The number of carbonyl (C=O) groups excluding carboxylic acids is 3. The maximum Gasteiger partial charge on any atom is 0.320 e. The minimum atomic E-state index is -1.13. The Bertz CT molecular complexity index is 983. The van der Waals surface area contributed by atoms with Crippen LogP contribution in [-0.4, -0.2) is 46.5 Å². The first-order valence-corrected chi connectivity index (χ1v) is 10.3. The average molecular weight is 492 g/mol. The first-order chi connectivity index (χ1) is 15.1. The van der Waals surface area contributed by atoms with E-state index >= 15 is 0 Å². The molecule has 0 bridgehead atoms. The Morgan fingerprint density at radius 2 is 1.94 bits per heavy atom. The van der Waals surface area contributed by atoms with Crippen molar-refractivity contribution in [2.75, 3.05) is 18.4 Å². The topological polar surface area (TPSA) is 156 Å². The third-order valence-electron chi connectivity index (χ3n) is 3.89. The number of nitrogens with zero attached hydrogens (tertiary/aromatic N) is 1. The smallest absolute Gasteiger partial charge is 0.320 e. The fourth-order valence-corrected chi connectivity index (χ4v) is 3.37. The molecule has 1 unspecified atom stereocenters. The van der Waals surface area contributed by atoms with Crippen LogP contribution in [0.5, 0.6) is 5.88 Å². The molecule has 0 fully saturated rings. The Labute approximate surface area is 190 Å². The van der Waals surface area contributed by atoms with Gasteiger partial charge in [-0.25, -0.2) is 13.6 Å². The Hall–Kier alpha value is -3.03. The number of primary amides is 1. The molecule has 4 amide bonds. The summed E-state index contributed by atoms with van der Waals surface area (Å²) < 4.78 is 36.9. The lowest BCUT2D eigenvalue weighted by atomic mass is 10.2. The highest BCUT2D eigenvalue weighted by molar-refractivity contribution is 7.11. The molecule has 0 saturated heterocycles. The first-order valence-electron chi connectivity index (χ1n) is 9.17. The number of hydrogen-bond acceptors (Lipinski definition) is 7. The number of halogens is 3. The fourth-order valence-electron chi connectivity index (χ4n) is 2.44. The predicted molar refractivity (Wildman–Crippen MR) is 113 cm³/mol. The van der Waals surface area contributed by atoms with Crippen molar-refractivity contribution in [2.24, 2.45) is 5.73 Å². The Morgan fingerprint density at radius 3 is 2.53 bits per heavy atom. The van der Waals surface area contributed by atoms with E-state index in [1.807, 2.05) is 0 Å². The fraction of sp³-hybridized carbons (Fsp3) is 0.333. The highest BCUT2D eigenvalue weighted by Crippen LogP contribution is 2.31. The number of anilines is 1. The van der Waals surface area contributed by atoms with Gasteiger partial charge in [0.2, 0.25) is 11.8 Å². The van der Waals surface area contributed by atoms with Crippen molar-refractivity contribution in [3.8, 4) is 5.88 Å². The van der Waals surface area contributed by atoms with Gasteiger partial charge in [-0.1, -0.05) is 11.6 Å². The average Bonchev–Trinajstić information content (AvgIpc) is 3.08. The third-order valence-corrected chi connectivity index (χ3v) is 4.85. The van der Waals surface area contributed by atoms with Gasteiger partial charge >= 0.3 is 6.03 Å². The van der Waals surface area contributed by atoms with Gasteiger partial charge in [-0.15, -0.1) is 0 Å². The molecule has 1 heterocycles. The molecule has 10 nitrogen and oxygen atoms in total. The maximum absolute atomic E-state index is 13.9. The molecule has 0 spiro atoms. The number of amides is 4. The van der Waals surface area contributed by atoms with Gasteiger partial charge in [0, 0.05) is 18.1 Å². The van der Waals surface area contributed by atoms with Gasteiger partial charge in [-0.05, 0) is 30.6 Å². The number of aliphatic hydroxyl groups excluding tert-OH is 1.